The Labute approximate surface area is 129 Å². The molecule has 0 bridgehead atoms. The van der Waals surface area contributed by atoms with E-state index in [-0.39, 0.29) is 23.0 Å². The molecule has 1 rings (SSSR count). The van der Waals surface area contributed by atoms with Gasteiger partial charge in [0.1, 0.15) is 11.5 Å². The van der Waals surface area contributed by atoms with Gasteiger partial charge in [0.25, 0.3) is 5.91 Å². The van der Waals surface area contributed by atoms with Crippen molar-refractivity contribution in [3.8, 4) is 0 Å². The van der Waals surface area contributed by atoms with Gasteiger partial charge in [-0.05, 0) is 25.6 Å². The molecule has 0 saturated carbocycles. The highest BCUT2D eigenvalue weighted by atomic mass is 35.5. The maximum atomic E-state index is 12.0. The number of carbonyl (C=O) groups excluding carboxylic acids is 1. The van der Waals surface area contributed by atoms with E-state index in [1.807, 2.05) is 6.92 Å². The van der Waals surface area contributed by atoms with Crippen LogP contribution in [0, 0.1) is 0 Å². The van der Waals surface area contributed by atoms with Gasteiger partial charge in [-0.1, -0.05) is 18.5 Å². The first-order chi connectivity index (χ1) is 9.89. The van der Waals surface area contributed by atoms with Gasteiger partial charge >= 0.3 is 0 Å². The Hall–Kier alpha value is -1.38. The van der Waals surface area contributed by atoms with Crippen molar-refractivity contribution in [1.29, 1.82) is 0 Å². The summed E-state index contributed by atoms with van der Waals surface area (Å²) >= 11 is 5.94. The van der Waals surface area contributed by atoms with Crippen molar-refractivity contribution in [2.45, 2.75) is 13.3 Å². The van der Waals surface area contributed by atoms with Crippen LogP contribution in [0.4, 0.5) is 5.82 Å². The van der Waals surface area contributed by atoms with Crippen molar-refractivity contribution in [3.05, 3.63) is 22.8 Å². The molecule has 21 heavy (non-hydrogen) atoms. The number of anilines is 1. The lowest BCUT2D eigenvalue weighted by molar-refractivity contribution is 0.0951. The maximum Gasteiger partial charge on any atom is 0.271 e. The minimum absolute atomic E-state index is 0.0212. The molecule has 3 N–H and O–H groups in total. The molecule has 118 valence electrons. The predicted molar refractivity (Wildman–Crippen MR) is 83.2 cm³/mol. The third-order valence-electron chi connectivity index (χ3n) is 2.58. The zero-order chi connectivity index (χ0) is 15.9. The van der Waals surface area contributed by atoms with Crippen LogP contribution in [0.2, 0.25) is 5.02 Å². The van der Waals surface area contributed by atoms with Crippen LogP contribution in [-0.4, -0.2) is 45.2 Å². The number of hydrogen-bond acceptors (Lipinski definition) is 5. The van der Waals surface area contributed by atoms with E-state index in [1.165, 1.54) is 7.05 Å². The van der Waals surface area contributed by atoms with Crippen molar-refractivity contribution in [2.24, 2.45) is 0 Å². The summed E-state index contributed by atoms with van der Waals surface area (Å²) in [6.07, 6.45) is 0.924. The molecule has 0 saturated heterocycles. The Bertz CT molecular complexity index is 592. The molecule has 0 atom stereocenters. The third-order valence-corrected chi connectivity index (χ3v) is 4.25. The smallest absolute Gasteiger partial charge is 0.271 e. The normalized spacial score (nSPS) is 11.2. The van der Waals surface area contributed by atoms with Crippen LogP contribution in [0.1, 0.15) is 23.8 Å². The summed E-state index contributed by atoms with van der Waals surface area (Å²) in [5.74, 6) is -0.165. The van der Waals surface area contributed by atoms with E-state index in [4.69, 9.17) is 11.6 Å². The lowest BCUT2D eigenvalue weighted by Crippen LogP contribution is -2.33. The molecule has 0 spiro atoms. The second-order valence-corrected chi connectivity index (χ2v) is 6.69. The first-order valence-corrected chi connectivity index (χ1v) is 8.52. The molecule has 1 amide bonds. The largest absolute Gasteiger partial charge is 0.370 e. The number of rotatable bonds is 8. The third kappa shape index (κ3) is 5.86. The van der Waals surface area contributed by atoms with Gasteiger partial charge in [0, 0.05) is 13.1 Å². The summed E-state index contributed by atoms with van der Waals surface area (Å²) in [6.45, 7) is 2.72. The first kappa shape index (κ1) is 17.7. The maximum absolute atomic E-state index is 12.0. The molecule has 7 nitrogen and oxygen atoms in total. The van der Waals surface area contributed by atoms with Gasteiger partial charge in [0.15, 0.2) is 0 Å². The Morgan fingerprint density at radius 2 is 2.05 bits per heavy atom. The summed E-state index contributed by atoms with van der Waals surface area (Å²) in [4.78, 5) is 16.1. The fourth-order valence-electron chi connectivity index (χ4n) is 1.44. The van der Waals surface area contributed by atoms with Crippen molar-refractivity contribution >= 4 is 33.3 Å². The Kier molecular flexibility index (Phi) is 6.86. The molecule has 1 aromatic rings. The SMILES string of the molecule is CCCNc1ccc(Cl)c(C(=O)NCCS(=O)(=O)NC)n1. The summed E-state index contributed by atoms with van der Waals surface area (Å²) in [5.41, 5.74) is 0.0691. The zero-order valence-corrected chi connectivity index (χ0v) is 13.5. The minimum Gasteiger partial charge on any atom is -0.370 e. The number of sulfonamides is 1. The fourth-order valence-corrected chi connectivity index (χ4v) is 2.20. The molecular weight excluding hydrogens is 316 g/mol. The second kappa shape index (κ2) is 8.16. The lowest BCUT2D eigenvalue weighted by atomic mass is 10.3. The molecule has 9 heteroatoms. The monoisotopic (exact) mass is 334 g/mol. The molecule has 0 aliphatic carbocycles. The number of nitrogens with one attached hydrogen (secondary N) is 3. The Morgan fingerprint density at radius 3 is 2.67 bits per heavy atom. The zero-order valence-electron chi connectivity index (χ0n) is 11.9. The summed E-state index contributed by atoms with van der Waals surface area (Å²) in [5, 5.41) is 5.75. The number of pyridine rings is 1. The van der Waals surface area contributed by atoms with E-state index in [0.717, 1.165) is 13.0 Å². The quantitative estimate of drug-likeness (QED) is 0.654. The van der Waals surface area contributed by atoms with Gasteiger partial charge in [0.05, 0.1) is 10.8 Å². The molecule has 0 radical (unpaired) electrons. The number of amides is 1. The van der Waals surface area contributed by atoms with E-state index in [9.17, 15) is 13.2 Å². The van der Waals surface area contributed by atoms with Gasteiger partial charge in [-0.3, -0.25) is 4.79 Å². The summed E-state index contributed by atoms with van der Waals surface area (Å²) in [6, 6.07) is 3.26. The minimum atomic E-state index is -3.36. The number of aromatic nitrogens is 1. The first-order valence-electron chi connectivity index (χ1n) is 6.49. The van der Waals surface area contributed by atoms with Gasteiger partial charge in [0.2, 0.25) is 10.0 Å². The standard InChI is InChI=1S/C12H19ClN4O3S/c1-3-6-15-10-5-4-9(13)11(17-10)12(18)16-7-8-21(19,20)14-2/h4-5,14H,3,6-8H2,1-2H3,(H,15,17)(H,16,18). The summed E-state index contributed by atoms with van der Waals surface area (Å²) < 4.78 is 24.7. The van der Waals surface area contributed by atoms with Crippen molar-refractivity contribution < 1.29 is 13.2 Å². The molecule has 0 aromatic carbocycles. The van der Waals surface area contributed by atoms with E-state index >= 15 is 0 Å². The average Bonchev–Trinajstić information content (AvgIpc) is 2.46. The van der Waals surface area contributed by atoms with Crippen molar-refractivity contribution in [3.63, 3.8) is 0 Å². The van der Waals surface area contributed by atoms with Crippen LogP contribution < -0.4 is 15.4 Å². The van der Waals surface area contributed by atoms with Crippen molar-refractivity contribution in [2.75, 3.05) is 31.2 Å². The second-order valence-electron chi connectivity index (χ2n) is 4.23. The van der Waals surface area contributed by atoms with Crippen LogP contribution in [-0.2, 0) is 10.0 Å². The van der Waals surface area contributed by atoms with Crippen LogP contribution in [0.3, 0.4) is 0 Å². The summed E-state index contributed by atoms with van der Waals surface area (Å²) in [7, 11) is -2.04. The van der Waals surface area contributed by atoms with Gasteiger partial charge < -0.3 is 10.6 Å². The Morgan fingerprint density at radius 1 is 1.33 bits per heavy atom. The Balaban J connectivity index is 2.68. The van der Waals surface area contributed by atoms with Crippen molar-refractivity contribution in [1.82, 2.24) is 15.0 Å². The fraction of sp³-hybridized carbons (Fsp3) is 0.500. The van der Waals surface area contributed by atoms with Crippen LogP contribution >= 0.6 is 11.6 Å². The average molecular weight is 335 g/mol. The molecular formula is C12H19ClN4O3S. The number of carbonyl (C=O) groups is 1. The molecule has 1 aromatic heterocycles. The van der Waals surface area contributed by atoms with E-state index < -0.39 is 15.9 Å². The molecule has 0 aliphatic heterocycles. The van der Waals surface area contributed by atoms with E-state index in [1.54, 1.807) is 12.1 Å². The highest BCUT2D eigenvalue weighted by molar-refractivity contribution is 7.89. The van der Waals surface area contributed by atoms with E-state index in [2.05, 4.69) is 20.3 Å². The number of nitrogens with zero attached hydrogens (tertiary/aromatic N) is 1. The topological polar surface area (TPSA) is 100 Å². The predicted octanol–water partition coefficient (Wildman–Crippen LogP) is 0.836. The number of hydrogen-bond donors (Lipinski definition) is 3. The van der Waals surface area contributed by atoms with E-state index in [0.29, 0.717) is 5.82 Å². The van der Waals surface area contributed by atoms with Crippen LogP contribution in [0.5, 0.6) is 0 Å². The highest BCUT2D eigenvalue weighted by Gasteiger charge is 2.14. The highest BCUT2D eigenvalue weighted by Crippen LogP contribution is 2.16. The molecule has 0 aliphatic rings. The number of halogens is 1. The van der Waals surface area contributed by atoms with Crippen LogP contribution in [0.25, 0.3) is 0 Å². The molecule has 0 unspecified atom stereocenters. The van der Waals surface area contributed by atoms with Crippen LogP contribution in [0.15, 0.2) is 12.1 Å². The van der Waals surface area contributed by atoms with Gasteiger partial charge in [-0.25, -0.2) is 18.1 Å². The lowest BCUT2D eigenvalue weighted by Gasteiger charge is -2.09. The van der Waals surface area contributed by atoms with Gasteiger partial charge in [-0.15, -0.1) is 0 Å². The molecule has 1 heterocycles. The molecule has 0 fully saturated rings. The van der Waals surface area contributed by atoms with Gasteiger partial charge in [-0.2, -0.15) is 0 Å².